The van der Waals surface area contributed by atoms with E-state index < -0.39 is 5.97 Å². The van der Waals surface area contributed by atoms with Gasteiger partial charge in [0.15, 0.2) is 0 Å². The fourth-order valence-corrected chi connectivity index (χ4v) is 3.36. The summed E-state index contributed by atoms with van der Waals surface area (Å²) in [6.45, 7) is 0. The minimum absolute atomic E-state index is 0.230. The quantitative estimate of drug-likeness (QED) is 0.846. The second-order valence-electron chi connectivity index (χ2n) is 3.03. The summed E-state index contributed by atoms with van der Waals surface area (Å²) in [4.78, 5) is 10.9. The molecule has 0 aliphatic carbocycles. The Morgan fingerprint density at radius 2 is 2.27 bits per heavy atom. The number of carbonyl (C=O) groups is 1. The van der Waals surface area contributed by atoms with Crippen molar-refractivity contribution in [2.45, 2.75) is 5.33 Å². The van der Waals surface area contributed by atoms with Gasteiger partial charge in [0, 0.05) is 5.33 Å². The van der Waals surface area contributed by atoms with Gasteiger partial charge < -0.3 is 5.11 Å². The monoisotopic (exact) mass is 304 g/mol. The number of carboxylic acids is 1. The van der Waals surface area contributed by atoms with E-state index in [4.69, 9.17) is 16.7 Å². The molecule has 15 heavy (non-hydrogen) atoms. The Bertz CT molecular complexity index is 535. The topological polar surface area (TPSA) is 37.3 Å². The zero-order chi connectivity index (χ0) is 11.0. The molecule has 0 amide bonds. The van der Waals surface area contributed by atoms with Crippen LogP contribution in [-0.4, -0.2) is 11.1 Å². The van der Waals surface area contributed by atoms with Crippen LogP contribution in [0.5, 0.6) is 0 Å². The van der Waals surface area contributed by atoms with Crippen molar-refractivity contribution in [1.82, 2.24) is 0 Å². The van der Waals surface area contributed by atoms with Gasteiger partial charge in [-0.3, -0.25) is 0 Å². The van der Waals surface area contributed by atoms with Gasteiger partial charge in [0.25, 0.3) is 0 Å². The molecule has 2 aromatic rings. The Morgan fingerprint density at radius 3 is 2.87 bits per heavy atom. The van der Waals surface area contributed by atoms with Gasteiger partial charge in [-0.05, 0) is 28.5 Å². The number of thiophene rings is 1. The number of alkyl halides is 1. The third-order valence-electron chi connectivity index (χ3n) is 2.10. The first kappa shape index (κ1) is 10.9. The van der Waals surface area contributed by atoms with Crippen LogP contribution in [-0.2, 0) is 5.33 Å². The van der Waals surface area contributed by atoms with Crippen molar-refractivity contribution in [3.63, 3.8) is 0 Å². The molecule has 0 saturated heterocycles. The zero-order valence-electron chi connectivity index (χ0n) is 7.46. The van der Waals surface area contributed by atoms with Crippen molar-refractivity contribution < 1.29 is 9.90 Å². The van der Waals surface area contributed by atoms with E-state index in [2.05, 4.69) is 15.9 Å². The van der Waals surface area contributed by atoms with Crippen molar-refractivity contribution >= 4 is 54.9 Å². The maximum Gasteiger partial charge on any atom is 0.335 e. The van der Waals surface area contributed by atoms with E-state index in [1.807, 2.05) is 5.38 Å². The van der Waals surface area contributed by atoms with Gasteiger partial charge in [-0.25, -0.2) is 4.79 Å². The fourth-order valence-electron chi connectivity index (χ4n) is 1.37. The number of carboxylic acid groups (broad SMARTS) is 1. The minimum atomic E-state index is -0.953. The minimum Gasteiger partial charge on any atom is -0.478 e. The molecule has 78 valence electrons. The summed E-state index contributed by atoms with van der Waals surface area (Å²) < 4.78 is 0.941. The van der Waals surface area contributed by atoms with Crippen LogP contribution in [0.3, 0.4) is 0 Å². The molecule has 1 aromatic heterocycles. The molecule has 0 aliphatic heterocycles. The average Bonchev–Trinajstić information content (AvgIpc) is 2.60. The molecule has 0 unspecified atom stereocenters. The largest absolute Gasteiger partial charge is 0.478 e. The number of benzene rings is 1. The standard InChI is InChI=1S/C10H6BrClO2S/c11-3-6-4-15-9-7(6)1-5(10(13)14)2-8(9)12/h1-2,4H,3H2,(H,13,14). The molecule has 5 heteroatoms. The predicted molar refractivity (Wildman–Crippen MR) is 66.4 cm³/mol. The Morgan fingerprint density at radius 1 is 1.53 bits per heavy atom. The van der Waals surface area contributed by atoms with Crippen LogP contribution in [0.25, 0.3) is 10.1 Å². The number of hydrogen-bond acceptors (Lipinski definition) is 2. The van der Waals surface area contributed by atoms with Crippen LogP contribution >= 0.6 is 38.9 Å². The van der Waals surface area contributed by atoms with Gasteiger partial charge in [0.05, 0.1) is 15.3 Å². The molecular weight excluding hydrogens is 300 g/mol. The van der Waals surface area contributed by atoms with Crippen LogP contribution < -0.4 is 0 Å². The summed E-state index contributed by atoms with van der Waals surface area (Å²) in [5.41, 5.74) is 1.30. The van der Waals surface area contributed by atoms with Gasteiger partial charge in [0.2, 0.25) is 0 Å². The molecule has 0 fully saturated rings. The third kappa shape index (κ3) is 1.89. The van der Waals surface area contributed by atoms with Crippen molar-refractivity contribution in [3.8, 4) is 0 Å². The lowest BCUT2D eigenvalue weighted by molar-refractivity contribution is 0.0697. The van der Waals surface area contributed by atoms with E-state index in [0.717, 1.165) is 15.6 Å². The Kier molecular flexibility index (Phi) is 3.00. The summed E-state index contributed by atoms with van der Waals surface area (Å²) in [5, 5.41) is 13.0. The molecule has 0 atom stereocenters. The first-order chi connectivity index (χ1) is 7.13. The lowest BCUT2D eigenvalue weighted by Crippen LogP contribution is -1.95. The SMILES string of the molecule is O=C(O)c1cc(Cl)c2scc(CBr)c2c1. The molecule has 2 rings (SSSR count). The van der Waals surface area contributed by atoms with Gasteiger partial charge >= 0.3 is 5.97 Å². The summed E-state index contributed by atoms with van der Waals surface area (Å²) in [6.07, 6.45) is 0. The van der Waals surface area contributed by atoms with Crippen LogP contribution in [0.1, 0.15) is 15.9 Å². The predicted octanol–water partition coefficient (Wildman–Crippen LogP) is 4.15. The Balaban J connectivity index is 2.77. The van der Waals surface area contributed by atoms with E-state index >= 15 is 0 Å². The fraction of sp³-hybridized carbons (Fsp3) is 0.100. The molecule has 0 bridgehead atoms. The maximum absolute atomic E-state index is 10.9. The average molecular weight is 306 g/mol. The van der Waals surface area contributed by atoms with E-state index in [1.165, 1.54) is 17.4 Å². The van der Waals surface area contributed by atoms with Crippen LogP contribution in [0.15, 0.2) is 17.5 Å². The molecule has 0 spiro atoms. The molecule has 0 saturated carbocycles. The van der Waals surface area contributed by atoms with Crippen LogP contribution in [0.4, 0.5) is 0 Å². The van der Waals surface area contributed by atoms with Gasteiger partial charge in [-0.1, -0.05) is 27.5 Å². The van der Waals surface area contributed by atoms with E-state index in [0.29, 0.717) is 10.4 Å². The Hall–Kier alpha value is -0.580. The van der Waals surface area contributed by atoms with Crippen molar-refractivity contribution in [1.29, 1.82) is 0 Å². The third-order valence-corrected chi connectivity index (χ3v) is 4.19. The molecule has 1 heterocycles. The Labute approximate surface area is 104 Å². The highest BCUT2D eigenvalue weighted by atomic mass is 79.9. The normalized spacial score (nSPS) is 10.8. The highest BCUT2D eigenvalue weighted by molar-refractivity contribution is 9.08. The number of rotatable bonds is 2. The summed E-state index contributed by atoms with van der Waals surface area (Å²) in [7, 11) is 0. The summed E-state index contributed by atoms with van der Waals surface area (Å²) in [5.74, 6) is -0.953. The molecular formula is C10H6BrClO2S. The van der Waals surface area contributed by atoms with Crippen molar-refractivity contribution in [2.24, 2.45) is 0 Å². The van der Waals surface area contributed by atoms with E-state index in [1.54, 1.807) is 6.07 Å². The number of halogens is 2. The lowest BCUT2D eigenvalue weighted by atomic mass is 10.1. The molecule has 1 N–H and O–H groups in total. The number of aromatic carboxylic acids is 1. The van der Waals surface area contributed by atoms with Gasteiger partial charge in [-0.15, -0.1) is 11.3 Å². The van der Waals surface area contributed by atoms with Gasteiger partial charge in [-0.2, -0.15) is 0 Å². The lowest BCUT2D eigenvalue weighted by Gasteiger charge is -1.99. The van der Waals surface area contributed by atoms with Crippen molar-refractivity contribution in [2.75, 3.05) is 0 Å². The zero-order valence-corrected chi connectivity index (χ0v) is 10.6. The van der Waals surface area contributed by atoms with Gasteiger partial charge in [0.1, 0.15) is 0 Å². The van der Waals surface area contributed by atoms with Crippen molar-refractivity contribution in [3.05, 3.63) is 33.7 Å². The molecule has 1 aromatic carbocycles. The second kappa shape index (κ2) is 4.12. The first-order valence-electron chi connectivity index (χ1n) is 4.12. The molecule has 0 radical (unpaired) electrons. The summed E-state index contributed by atoms with van der Waals surface area (Å²) in [6, 6.07) is 3.15. The van der Waals surface area contributed by atoms with E-state index in [9.17, 15) is 4.79 Å². The maximum atomic E-state index is 10.9. The molecule has 0 aliphatic rings. The smallest absolute Gasteiger partial charge is 0.335 e. The first-order valence-corrected chi connectivity index (χ1v) is 6.50. The molecule has 2 nitrogen and oxygen atoms in total. The van der Waals surface area contributed by atoms with Crippen LogP contribution in [0.2, 0.25) is 5.02 Å². The second-order valence-corrected chi connectivity index (χ2v) is 4.88. The number of fused-ring (bicyclic) bond motifs is 1. The highest BCUT2D eigenvalue weighted by Gasteiger charge is 2.11. The van der Waals surface area contributed by atoms with E-state index in [-0.39, 0.29) is 5.56 Å². The highest BCUT2D eigenvalue weighted by Crippen LogP contribution is 2.34. The van der Waals surface area contributed by atoms with Crippen LogP contribution in [0, 0.1) is 0 Å². The summed E-state index contributed by atoms with van der Waals surface area (Å²) >= 11 is 10.9. The number of hydrogen-bond donors (Lipinski definition) is 1.